The zero-order valence-corrected chi connectivity index (χ0v) is 20.0. The molecule has 0 aliphatic carbocycles. The van der Waals surface area contributed by atoms with Gasteiger partial charge in [0.05, 0.1) is 25.1 Å². The van der Waals surface area contributed by atoms with E-state index in [1.165, 1.54) is 5.56 Å². The number of aliphatic carboxylic acids is 1. The summed E-state index contributed by atoms with van der Waals surface area (Å²) in [5.74, 6) is 6.46. The Bertz CT molecular complexity index is 1210. The number of benzene rings is 2. The van der Waals surface area contributed by atoms with Crippen molar-refractivity contribution < 1.29 is 14.6 Å². The quantitative estimate of drug-likeness (QED) is 0.510. The maximum atomic E-state index is 12.0. The molecular formula is C29H32N2O3. The largest absolute Gasteiger partial charge is 0.497 e. The maximum absolute atomic E-state index is 12.0. The number of piperidine rings is 1. The minimum Gasteiger partial charge on any atom is -0.497 e. The second kappa shape index (κ2) is 11.2. The number of methoxy groups -OCH3 is 1. The van der Waals surface area contributed by atoms with Crippen LogP contribution in [0.1, 0.15) is 36.0 Å². The van der Waals surface area contributed by atoms with Crippen molar-refractivity contribution >= 4 is 16.9 Å². The number of hydrogen-bond acceptors (Lipinski definition) is 4. The van der Waals surface area contributed by atoms with Crippen LogP contribution in [-0.4, -0.2) is 47.7 Å². The zero-order valence-electron chi connectivity index (χ0n) is 20.0. The van der Waals surface area contributed by atoms with Crippen LogP contribution in [0, 0.1) is 30.6 Å². The highest BCUT2D eigenvalue weighted by Gasteiger charge is 2.33. The summed E-state index contributed by atoms with van der Waals surface area (Å²) in [7, 11) is 1.67. The number of aryl methyl sites for hydroxylation is 2. The number of ether oxygens (including phenoxy) is 1. The summed E-state index contributed by atoms with van der Waals surface area (Å²) in [6, 6.07) is 16.1. The number of carboxylic acids is 1. The summed E-state index contributed by atoms with van der Waals surface area (Å²) < 4.78 is 5.38. The van der Waals surface area contributed by atoms with Crippen LogP contribution < -0.4 is 4.74 Å². The summed E-state index contributed by atoms with van der Waals surface area (Å²) in [6.07, 6.45) is 5.51. The molecule has 0 amide bonds. The Balaban J connectivity index is 1.34. The van der Waals surface area contributed by atoms with Crippen LogP contribution in [0.3, 0.4) is 0 Å². The molecule has 1 aliphatic rings. The Hall–Kier alpha value is -3.36. The summed E-state index contributed by atoms with van der Waals surface area (Å²) in [6.45, 7) is 4.13. The van der Waals surface area contributed by atoms with Crippen LogP contribution in [-0.2, 0) is 11.2 Å². The third kappa shape index (κ3) is 5.76. The molecule has 2 aromatic carbocycles. The molecule has 1 aliphatic heterocycles. The summed E-state index contributed by atoms with van der Waals surface area (Å²) in [5, 5.41) is 11.0. The standard InChI is InChI=1S/C29H32N2O3/c1-21-7-3-4-8-22(21)11-6-17-31-18-15-24(27(20-31)29(32)33)10-5-9-23-14-16-30-28-13-12-25(34-2)19-26(23)28/h3-4,7-8,12-14,16,19,24,27H,5,9-10,15,17-18,20H2,1-2H3,(H,32,33)/t24-,27+/m1/s1. The fourth-order valence-electron chi connectivity index (χ4n) is 4.88. The topological polar surface area (TPSA) is 62.7 Å². The van der Waals surface area contributed by atoms with Gasteiger partial charge in [-0.15, -0.1) is 0 Å². The van der Waals surface area contributed by atoms with E-state index in [0.29, 0.717) is 13.1 Å². The Labute approximate surface area is 201 Å². The molecule has 0 radical (unpaired) electrons. The van der Waals surface area contributed by atoms with Gasteiger partial charge in [0.25, 0.3) is 0 Å². The van der Waals surface area contributed by atoms with Gasteiger partial charge in [0.1, 0.15) is 5.75 Å². The number of hydrogen-bond donors (Lipinski definition) is 1. The number of fused-ring (bicyclic) bond motifs is 1. The molecule has 0 saturated carbocycles. The van der Waals surface area contributed by atoms with Crippen molar-refractivity contribution in [1.82, 2.24) is 9.88 Å². The normalized spacial score (nSPS) is 18.3. The van der Waals surface area contributed by atoms with E-state index in [4.69, 9.17) is 4.74 Å². The lowest BCUT2D eigenvalue weighted by Gasteiger charge is -2.35. The van der Waals surface area contributed by atoms with Crippen molar-refractivity contribution in [2.24, 2.45) is 11.8 Å². The molecule has 3 aromatic rings. The van der Waals surface area contributed by atoms with Crippen LogP contribution in [0.2, 0.25) is 0 Å². The first kappa shape index (κ1) is 23.8. The molecule has 5 heteroatoms. The predicted octanol–water partition coefficient (Wildman–Crippen LogP) is 4.95. The molecule has 1 fully saturated rings. The number of likely N-dealkylation sites (tertiary alicyclic amines) is 1. The number of pyridine rings is 1. The third-order valence-corrected chi connectivity index (χ3v) is 6.89. The molecule has 4 rings (SSSR count). The van der Waals surface area contributed by atoms with Crippen LogP contribution in [0.4, 0.5) is 0 Å². The lowest BCUT2D eigenvalue weighted by molar-refractivity contribution is -0.146. The first-order valence-corrected chi connectivity index (χ1v) is 12.0. The van der Waals surface area contributed by atoms with E-state index in [1.807, 2.05) is 42.6 Å². The van der Waals surface area contributed by atoms with Crippen LogP contribution >= 0.6 is 0 Å². The van der Waals surface area contributed by atoms with E-state index >= 15 is 0 Å². The Morgan fingerprint density at radius 2 is 2.09 bits per heavy atom. The fraction of sp³-hybridized carbons (Fsp3) is 0.379. The molecule has 5 nitrogen and oxygen atoms in total. The lowest BCUT2D eigenvalue weighted by Crippen LogP contribution is -2.44. The first-order valence-electron chi connectivity index (χ1n) is 12.0. The van der Waals surface area contributed by atoms with Gasteiger partial charge in [0, 0.05) is 23.7 Å². The number of carboxylic acid groups (broad SMARTS) is 1. The van der Waals surface area contributed by atoms with Gasteiger partial charge in [-0.3, -0.25) is 14.7 Å². The van der Waals surface area contributed by atoms with Crippen molar-refractivity contribution in [3.8, 4) is 17.6 Å². The van der Waals surface area contributed by atoms with Gasteiger partial charge in [0.15, 0.2) is 0 Å². The van der Waals surface area contributed by atoms with Crippen molar-refractivity contribution in [2.45, 2.75) is 32.6 Å². The SMILES string of the molecule is COc1ccc2nccc(CCC[C@@H]3CCN(CC#Cc4ccccc4C)C[C@@H]3C(=O)O)c2c1. The Morgan fingerprint density at radius 1 is 1.24 bits per heavy atom. The van der Waals surface area contributed by atoms with Crippen LogP contribution in [0.15, 0.2) is 54.7 Å². The van der Waals surface area contributed by atoms with Crippen molar-refractivity contribution in [3.63, 3.8) is 0 Å². The molecule has 1 saturated heterocycles. The second-order valence-corrected chi connectivity index (χ2v) is 9.09. The smallest absolute Gasteiger partial charge is 0.308 e. The van der Waals surface area contributed by atoms with Crippen molar-refractivity contribution in [2.75, 3.05) is 26.7 Å². The predicted molar refractivity (Wildman–Crippen MR) is 135 cm³/mol. The molecule has 34 heavy (non-hydrogen) atoms. The van der Waals surface area contributed by atoms with Crippen molar-refractivity contribution in [1.29, 1.82) is 0 Å². The van der Waals surface area contributed by atoms with Gasteiger partial charge in [-0.1, -0.05) is 30.0 Å². The molecule has 176 valence electrons. The van der Waals surface area contributed by atoms with Gasteiger partial charge in [-0.25, -0.2) is 0 Å². The van der Waals surface area contributed by atoms with Gasteiger partial charge < -0.3 is 9.84 Å². The summed E-state index contributed by atoms with van der Waals surface area (Å²) in [5.41, 5.74) is 4.40. The molecule has 2 atom stereocenters. The Kier molecular flexibility index (Phi) is 7.82. The molecule has 1 N–H and O–H groups in total. The van der Waals surface area contributed by atoms with Gasteiger partial charge in [-0.05, 0) is 86.5 Å². The van der Waals surface area contributed by atoms with E-state index < -0.39 is 5.97 Å². The number of rotatable bonds is 7. The van der Waals surface area contributed by atoms with Gasteiger partial charge in [0.2, 0.25) is 0 Å². The first-order chi connectivity index (χ1) is 16.5. The second-order valence-electron chi connectivity index (χ2n) is 9.09. The monoisotopic (exact) mass is 456 g/mol. The average molecular weight is 457 g/mol. The summed E-state index contributed by atoms with van der Waals surface area (Å²) in [4.78, 5) is 18.7. The van der Waals surface area contributed by atoms with E-state index in [2.05, 4.69) is 40.8 Å². The molecular weight excluding hydrogens is 424 g/mol. The lowest BCUT2D eigenvalue weighted by atomic mass is 9.81. The van der Waals surface area contributed by atoms with Gasteiger partial charge >= 0.3 is 5.97 Å². The summed E-state index contributed by atoms with van der Waals surface area (Å²) >= 11 is 0. The highest BCUT2D eigenvalue weighted by Crippen LogP contribution is 2.30. The maximum Gasteiger partial charge on any atom is 0.308 e. The van der Waals surface area contributed by atoms with Crippen LogP contribution in [0.25, 0.3) is 10.9 Å². The van der Waals surface area contributed by atoms with Gasteiger partial charge in [-0.2, -0.15) is 0 Å². The molecule has 0 spiro atoms. The molecule has 0 bridgehead atoms. The highest BCUT2D eigenvalue weighted by molar-refractivity contribution is 5.83. The van der Waals surface area contributed by atoms with E-state index in [1.54, 1.807) is 7.11 Å². The number of nitrogens with zero attached hydrogens (tertiary/aromatic N) is 2. The van der Waals surface area contributed by atoms with E-state index in [9.17, 15) is 9.90 Å². The molecule has 2 heterocycles. The third-order valence-electron chi connectivity index (χ3n) is 6.89. The number of carbonyl (C=O) groups is 1. The fourth-order valence-corrected chi connectivity index (χ4v) is 4.88. The number of aromatic nitrogens is 1. The van der Waals surface area contributed by atoms with Crippen molar-refractivity contribution in [3.05, 3.63) is 71.4 Å². The minimum absolute atomic E-state index is 0.195. The van der Waals surface area contributed by atoms with E-state index in [-0.39, 0.29) is 11.8 Å². The average Bonchev–Trinajstić information content (AvgIpc) is 2.85. The van der Waals surface area contributed by atoms with E-state index in [0.717, 1.165) is 60.0 Å². The Morgan fingerprint density at radius 3 is 2.88 bits per heavy atom. The van der Waals surface area contributed by atoms with Crippen LogP contribution in [0.5, 0.6) is 5.75 Å². The highest BCUT2D eigenvalue weighted by atomic mass is 16.5. The zero-order chi connectivity index (χ0) is 23.9. The minimum atomic E-state index is -0.694. The molecule has 0 unspecified atom stereocenters. The molecule has 1 aromatic heterocycles.